The van der Waals surface area contributed by atoms with Crippen LogP contribution in [0.3, 0.4) is 0 Å². The molecule has 0 aromatic heterocycles. The van der Waals surface area contributed by atoms with Crippen molar-refractivity contribution in [1.82, 2.24) is 30.5 Å². The van der Waals surface area contributed by atoms with Crippen molar-refractivity contribution >= 4 is 33.8 Å². The molecule has 4 atom stereocenters. The van der Waals surface area contributed by atoms with E-state index in [0.29, 0.717) is 12.8 Å². The van der Waals surface area contributed by atoms with E-state index in [0.717, 1.165) is 21.7 Å². The van der Waals surface area contributed by atoms with Crippen LogP contribution in [0.5, 0.6) is 0 Å². The highest BCUT2D eigenvalue weighted by atomic mass is 32.2. The summed E-state index contributed by atoms with van der Waals surface area (Å²) in [4.78, 5) is 54.9. The van der Waals surface area contributed by atoms with Gasteiger partial charge in [0, 0.05) is 39.1 Å². The van der Waals surface area contributed by atoms with E-state index >= 15 is 0 Å². The second-order valence-corrected chi connectivity index (χ2v) is 16.9. The number of likely N-dealkylation sites (tertiary alicyclic amines) is 1. The van der Waals surface area contributed by atoms with Gasteiger partial charge in [0.1, 0.15) is 18.1 Å². The van der Waals surface area contributed by atoms with Gasteiger partial charge in [-0.2, -0.15) is 0 Å². The Labute approximate surface area is 284 Å². The summed E-state index contributed by atoms with van der Waals surface area (Å²) in [5.41, 5.74) is 0.662. The molecule has 0 radical (unpaired) electrons. The van der Waals surface area contributed by atoms with Crippen molar-refractivity contribution in [3.05, 3.63) is 35.4 Å². The highest BCUT2D eigenvalue weighted by molar-refractivity contribution is 7.88. The van der Waals surface area contributed by atoms with E-state index in [9.17, 15) is 36.4 Å². The van der Waals surface area contributed by atoms with E-state index in [1.807, 2.05) is 52.0 Å². The second kappa shape index (κ2) is 16.9. The molecule has 12 nitrogen and oxygen atoms in total. The summed E-state index contributed by atoms with van der Waals surface area (Å²) in [5.74, 6) is -2.01. The number of sulfonamides is 1. The number of alkyl halides is 2. The summed E-state index contributed by atoms with van der Waals surface area (Å²) < 4.78 is 52.2. The van der Waals surface area contributed by atoms with Crippen molar-refractivity contribution < 1.29 is 36.4 Å². The van der Waals surface area contributed by atoms with Gasteiger partial charge in [-0.25, -0.2) is 26.3 Å². The van der Waals surface area contributed by atoms with Crippen molar-refractivity contribution in [3.63, 3.8) is 0 Å². The Kier molecular flexibility index (Phi) is 14.3. The number of aryl methyl sites for hydroxylation is 1. The van der Waals surface area contributed by atoms with Crippen LogP contribution in [0.2, 0.25) is 0 Å². The van der Waals surface area contributed by atoms with E-state index in [-0.39, 0.29) is 26.1 Å². The summed E-state index contributed by atoms with van der Waals surface area (Å²) in [6.07, 6.45) is -1.49. The molecule has 1 heterocycles. The Balaban J connectivity index is 2.16. The highest BCUT2D eigenvalue weighted by Crippen LogP contribution is 2.27. The molecule has 2 rings (SSSR count). The molecule has 4 N–H and O–H groups in total. The number of nitrogens with one attached hydrogen (secondary N) is 4. The molecule has 1 aromatic rings. The first-order valence-corrected chi connectivity index (χ1v) is 18.1. The summed E-state index contributed by atoms with van der Waals surface area (Å²) >= 11 is 0. The Hall–Kier alpha value is -3.33. The normalized spacial score (nSPS) is 17.5. The number of likely N-dealkylation sites (N-methyl/N-ethyl adjacent to an activating group) is 1. The van der Waals surface area contributed by atoms with E-state index in [1.54, 1.807) is 20.8 Å². The minimum atomic E-state index is -3.52. The quantitative estimate of drug-likeness (QED) is 0.234. The zero-order valence-corrected chi connectivity index (χ0v) is 30.5. The fourth-order valence-corrected chi connectivity index (χ4v) is 5.80. The van der Waals surface area contributed by atoms with Gasteiger partial charge in [0.05, 0.1) is 6.26 Å². The standard InChI is InChI=1S/C33H54F2N6O6S/c1-21-12-10-13-22(18-21)15-16-36-28(42)23(19-26(34)35)37-29(43)24-14-11-17-41(24)30(44)27(33(5,6)7)39-31(45)38-25(32(2,3)4)20-40(8)48(9,46)47/h10,12-13,18,23-27H,11,14-17,19-20H2,1-9H3,(H,36,42)(H,37,43)(H2,38,39,45)/t23-,24-,25+,27+/m0/s1. The van der Waals surface area contributed by atoms with Gasteiger partial charge in [0.2, 0.25) is 34.2 Å². The molecule has 1 aromatic carbocycles. The number of carbonyl (C=O) groups is 4. The number of carbonyl (C=O) groups excluding carboxylic acids is 4. The van der Waals surface area contributed by atoms with Crippen LogP contribution in [-0.4, -0.2) is 105 Å². The van der Waals surface area contributed by atoms with Gasteiger partial charge in [-0.05, 0) is 42.6 Å². The number of amides is 5. The maximum atomic E-state index is 13.9. The van der Waals surface area contributed by atoms with E-state index in [2.05, 4.69) is 21.3 Å². The number of nitrogens with zero attached hydrogens (tertiary/aromatic N) is 2. The van der Waals surface area contributed by atoms with Crippen molar-refractivity contribution in [2.24, 2.45) is 10.8 Å². The lowest BCUT2D eigenvalue weighted by Crippen LogP contribution is -2.62. The van der Waals surface area contributed by atoms with Crippen molar-refractivity contribution in [2.45, 2.75) is 105 Å². The average molecular weight is 701 g/mol. The molecular formula is C33H54F2N6O6S. The lowest BCUT2D eigenvalue weighted by atomic mass is 9.85. The first kappa shape index (κ1) is 40.8. The molecule has 0 saturated carbocycles. The van der Waals surface area contributed by atoms with Crippen LogP contribution in [0.4, 0.5) is 13.6 Å². The lowest BCUT2D eigenvalue weighted by molar-refractivity contribution is -0.142. The van der Waals surface area contributed by atoms with Gasteiger partial charge in [-0.15, -0.1) is 0 Å². The van der Waals surface area contributed by atoms with Gasteiger partial charge in [0.15, 0.2) is 0 Å². The predicted octanol–water partition coefficient (Wildman–Crippen LogP) is 2.80. The smallest absolute Gasteiger partial charge is 0.315 e. The zero-order chi connectivity index (χ0) is 36.6. The van der Waals surface area contributed by atoms with Gasteiger partial charge in [-0.1, -0.05) is 71.4 Å². The predicted molar refractivity (Wildman–Crippen MR) is 181 cm³/mol. The summed E-state index contributed by atoms with van der Waals surface area (Å²) in [5, 5.41) is 10.6. The van der Waals surface area contributed by atoms with E-state index in [1.165, 1.54) is 11.9 Å². The summed E-state index contributed by atoms with van der Waals surface area (Å²) in [7, 11) is -2.11. The molecule has 0 unspecified atom stereocenters. The number of hydrogen-bond donors (Lipinski definition) is 4. The second-order valence-electron chi connectivity index (χ2n) is 14.8. The van der Waals surface area contributed by atoms with Crippen molar-refractivity contribution in [1.29, 1.82) is 0 Å². The Morgan fingerprint density at radius 2 is 1.67 bits per heavy atom. The van der Waals surface area contributed by atoms with Crippen LogP contribution < -0.4 is 21.3 Å². The Morgan fingerprint density at radius 3 is 2.21 bits per heavy atom. The zero-order valence-electron chi connectivity index (χ0n) is 29.7. The highest BCUT2D eigenvalue weighted by Gasteiger charge is 2.43. The fraction of sp³-hybridized carbons (Fsp3) is 0.697. The number of rotatable bonds is 14. The van der Waals surface area contributed by atoms with Crippen molar-refractivity contribution in [3.8, 4) is 0 Å². The molecule has 0 bridgehead atoms. The maximum absolute atomic E-state index is 13.9. The van der Waals surface area contributed by atoms with Crippen LogP contribution in [0.1, 0.15) is 71.9 Å². The van der Waals surface area contributed by atoms with E-state index in [4.69, 9.17) is 0 Å². The third-order valence-electron chi connectivity index (χ3n) is 8.43. The number of halogens is 2. The first-order valence-electron chi connectivity index (χ1n) is 16.2. The largest absolute Gasteiger partial charge is 0.354 e. The van der Waals surface area contributed by atoms with Crippen LogP contribution >= 0.6 is 0 Å². The fourth-order valence-electron chi connectivity index (χ4n) is 5.38. The topological polar surface area (TPSA) is 157 Å². The summed E-state index contributed by atoms with van der Waals surface area (Å²) in [6, 6.07) is 2.74. The molecule has 0 aliphatic carbocycles. The number of urea groups is 1. The first-order chi connectivity index (χ1) is 22.0. The number of benzene rings is 1. The minimum absolute atomic E-state index is 0.00244. The molecule has 48 heavy (non-hydrogen) atoms. The average Bonchev–Trinajstić information content (AvgIpc) is 3.43. The molecule has 1 aliphatic heterocycles. The van der Waals surface area contributed by atoms with E-state index < -0.39 is 81.6 Å². The lowest BCUT2D eigenvalue weighted by Gasteiger charge is -2.37. The molecular weight excluding hydrogens is 646 g/mol. The van der Waals surface area contributed by atoms with Crippen LogP contribution in [-0.2, 0) is 30.8 Å². The molecule has 5 amide bonds. The monoisotopic (exact) mass is 700 g/mol. The number of hydrogen-bond acceptors (Lipinski definition) is 6. The van der Waals surface area contributed by atoms with Crippen LogP contribution in [0, 0.1) is 17.8 Å². The molecule has 1 saturated heterocycles. The van der Waals surface area contributed by atoms with Gasteiger partial charge >= 0.3 is 6.03 Å². The Morgan fingerprint density at radius 1 is 1.02 bits per heavy atom. The molecule has 15 heteroatoms. The third-order valence-corrected chi connectivity index (χ3v) is 9.71. The van der Waals surface area contributed by atoms with Gasteiger partial charge in [0.25, 0.3) is 0 Å². The SMILES string of the molecule is Cc1cccc(CCNC(=O)[C@H](CC(F)F)NC(=O)[C@@H]2CCCN2C(=O)[C@@H](NC(=O)N[C@H](CN(C)S(C)(=O)=O)C(C)(C)C)C(C)(C)C)c1. The van der Waals surface area contributed by atoms with Crippen molar-refractivity contribution in [2.75, 3.05) is 32.9 Å². The third kappa shape index (κ3) is 12.6. The van der Waals surface area contributed by atoms with Gasteiger partial charge in [-0.3, -0.25) is 14.4 Å². The minimum Gasteiger partial charge on any atom is -0.354 e. The summed E-state index contributed by atoms with van der Waals surface area (Å²) in [6.45, 7) is 13.1. The van der Waals surface area contributed by atoms with Crippen LogP contribution in [0.25, 0.3) is 0 Å². The van der Waals surface area contributed by atoms with Crippen LogP contribution in [0.15, 0.2) is 24.3 Å². The molecule has 1 aliphatic rings. The maximum Gasteiger partial charge on any atom is 0.315 e. The molecule has 0 spiro atoms. The molecule has 272 valence electrons. The molecule has 1 fully saturated rings. The Bertz CT molecular complexity index is 1400. The van der Waals surface area contributed by atoms with Gasteiger partial charge < -0.3 is 26.2 Å².